The summed E-state index contributed by atoms with van der Waals surface area (Å²) in [5.74, 6) is -0.304. The standard InChI is InChI=1S/C32H40BFN8O4Si/c1-47(2,3)15-14-46-22-41-21-37-29(26-6-11-36-30(26)41)24-17-38-42(18-24)32(9-10-35)19-40(20-32)25-7-12-39(13-8-25)31(43)23-4-5-27(33(44)45)28(34)16-23/h4-6,11,16-18,21,25,44-45H,7-9,12-15,19-20,22H2,1-3H3. The highest BCUT2D eigenvalue weighted by atomic mass is 28.3. The summed E-state index contributed by atoms with van der Waals surface area (Å²) in [7, 11) is -3.11. The number of carbonyl (C=O) groups is 1. The van der Waals surface area contributed by atoms with E-state index in [1.807, 2.05) is 21.5 Å². The first-order valence-corrected chi connectivity index (χ1v) is 19.7. The van der Waals surface area contributed by atoms with Gasteiger partial charge in [0.15, 0.2) is 0 Å². The van der Waals surface area contributed by atoms with E-state index in [-0.39, 0.29) is 23.0 Å². The molecule has 6 rings (SSSR count). The Morgan fingerprint density at radius 2 is 1.96 bits per heavy atom. The van der Waals surface area contributed by atoms with Crippen molar-refractivity contribution in [1.82, 2.24) is 34.1 Å². The Morgan fingerprint density at radius 3 is 2.64 bits per heavy atom. The van der Waals surface area contributed by atoms with E-state index in [0.29, 0.717) is 45.9 Å². The van der Waals surface area contributed by atoms with Crippen LogP contribution in [0.2, 0.25) is 25.7 Å². The first-order valence-electron chi connectivity index (χ1n) is 16.0. The average Bonchev–Trinajstić information content (AvgIpc) is 3.71. The van der Waals surface area contributed by atoms with Gasteiger partial charge in [0.25, 0.3) is 5.91 Å². The number of nitriles is 1. The SMILES string of the molecule is C[Si](C)(C)CCOCn1cnc(-c2cnn(C3(CC#N)CN(C4CCN(C(=O)c5ccc(B(O)O)c(F)c5)CC4)C3)c2)c2ccnc1-2. The zero-order valence-electron chi connectivity index (χ0n) is 27.0. The third kappa shape index (κ3) is 6.88. The van der Waals surface area contributed by atoms with Crippen LogP contribution in [0.4, 0.5) is 4.39 Å². The first kappa shape index (κ1) is 33.0. The number of carbonyl (C=O) groups excluding carboxylic acids is 1. The summed E-state index contributed by atoms with van der Waals surface area (Å²) in [5, 5.41) is 33.0. The van der Waals surface area contributed by atoms with Crippen LogP contribution in [-0.2, 0) is 17.0 Å². The molecule has 0 saturated carbocycles. The van der Waals surface area contributed by atoms with Crippen molar-refractivity contribution in [2.24, 2.45) is 0 Å². The van der Waals surface area contributed by atoms with E-state index in [1.54, 1.807) is 23.6 Å². The van der Waals surface area contributed by atoms with Gasteiger partial charge in [-0.05, 0) is 37.1 Å². The molecule has 4 aliphatic rings. The van der Waals surface area contributed by atoms with Crippen LogP contribution in [0.1, 0.15) is 29.6 Å². The van der Waals surface area contributed by atoms with Crippen molar-refractivity contribution in [3.8, 4) is 28.7 Å². The lowest BCUT2D eigenvalue weighted by Crippen LogP contribution is -2.66. The minimum Gasteiger partial charge on any atom is -0.423 e. The van der Waals surface area contributed by atoms with Crippen molar-refractivity contribution in [3.63, 3.8) is 0 Å². The van der Waals surface area contributed by atoms with Gasteiger partial charge in [0.2, 0.25) is 0 Å². The highest BCUT2D eigenvalue weighted by molar-refractivity contribution is 6.76. The number of nitrogens with zero attached hydrogens (tertiary/aromatic N) is 8. The lowest BCUT2D eigenvalue weighted by atomic mass is 9.79. The maximum atomic E-state index is 14.2. The second-order valence-corrected chi connectivity index (χ2v) is 19.5. The molecule has 12 nitrogen and oxygen atoms in total. The zero-order valence-corrected chi connectivity index (χ0v) is 28.0. The lowest BCUT2D eigenvalue weighted by Gasteiger charge is -2.53. The molecule has 0 spiro atoms. The molecule has 1 aromatic heterocycles. The van der Waals surface area contributed by atoms with Gasteiger partial charge in [-0.25, -0.2) is 14.4 Å². The highest BCUT2D eigenvalue weighted by Gasteiger charge is 2.48. The number of rotatable bonds is 11. The molecule has 2 saturated heterocycles. The van der Waals surface area contributed by atoms with Gasteiger partial charge in [-0.3, -0.25) is 18.9 Å². The van der Waals surface area contributed by atoms with E-state index in [9.17, 15) is 24.5 Å². The third-order valence-corrected chi connectivity index (χ3v) is 11.0. The number of piperidine rings is 1. The second kappa shape index (κ2) is 13.3. The van der Waals surface area contributed by atoms with E-state index in [2.05, 4.69) is 35.6 Å². The van der Waals surface area contributed by atoms with Crippen LogP contribution in [0.25, 0.3) is 22.6 Å². The zero-order chi connectivity index (χ0) is 33.3. The molecular weight excluding hydrogens is 618 g/mol. The Bertz CT molecular complexity index is 1740. The van der Waals surface area contributed by atoms with E-state index >= 15 is 0 Å². The summed E-state index contributed by atoms with van der Waals surface area (Å²) in [6.45, 7) is 10.5. The molecule has 2 fully saturated rings. The first-order chi connectivity index (χ1) is 22.5. The monoisotopic (exact) mass is 658 g/mol. The molecular formula is C32H40BFN8O4Si. The van der Waals surface area contributed by atoms with Gasteiger partial charge in [0.05, 0.1) is 30.7 Å². The molecule has 1 aromatic carbocycles. The van der Waals surface area contributed by atoms with Crippen molar-refractivity contribution in [1.29, 1.82) is 5.26 Å². The van der Waals surface area contributed by atoms with E-state index in [1.165, 1.54) is 12.1 Å². The van der Waals surface area contributed by atoms with Gasteiger partial charge in [-0.1, -0.05) is 25.7 Å². The minimum absolute atomic E-state index is 0.181. The maximum Gasteiger partial charge on any atom is 0.491 e. The number of likely N-dealkylation sites (tertiary alicyclic amines) is 2. The number of hydrogen-bond donors (Lipinski definition) is 2. The van der Waals surface area contributed by atoms with Crippen LogP contribution in [0.15, 0.2) is 49.2 Å². The molecule has 0 atom stereocenters. The summed E-state index contributed by atoms with van der Waals surface area (Å²) in [6.07, 6.45) is 9.13. The summed E-state index contributed by atoms with van der Waals surface area (Å²) >= 11 is 0. The Morgan fingerprint density at radius 1 is 1.19 bits per heavy atom. The fourth-order valence-electron chi connectivity index (χ4n) is 6.50. The third-order valence-electron chi connectivity index (χ3n) is 9.30. The molecule has 246 valence electrons. The minimum atomic E-state index is -1.93. The average molecular weight is 659 g/mol. The van der Waals surface area contributed by atoms with Gasteiger partial charge in [-0.2, -0.15) is 10.4 Å². The second-order valence-electron chi connectivity index (χ2n) is 13.9. The molecule has 15 heteroatoms. The highest BCUT2D eigenvalue weighted by Crippen LogP contribution is 2.38. The van der Waals surface area contributed by atoms with Crippen LogP contribution in [0.3, 0.4) is 0 Å². The predicted octanol–water partition coefficient (Wildman–Crippen LogP) is 2.61. The van der Waals surface area contributed by atoms with Crippen LogP contribution < -0.4 is 5.46 Å². The smallest absolute Gasteiger partial charge is 0.423 e. The quantitative estimate of drug-likeness (QED) is 0.184. The van der Waals surface area contributed by atoms with Gasteiger partial charge in [0, 0.05) is 81.4 Å². The molecule has 0 radical (unpaired) electrons. The van der Waals surface area contributed by atoms with Crippen LogP contribution in [0, 0.1) is 17.1 Å². The molecule has 2 N–H and O–H groups in total. The number of ether oxygens (including phenoxy) is 1. The Labute approximate surface area is 274 Å². The maximum absolute atomic E-state index is 14.2. The van der Waals surface area contributed by atoms with Crippen LogP contribution in [0.5, 0.6) is 0 Å². The summed E-state index contributed by atoms with van der Waals surface area (Å²) in [6, 6.07) is 9.35. The molecule has 0 aliphatic carbocycles. The van der Waals surface area contributed by atoms with E-state index in [0.717, 1.165) is 47.6 Å². The lowest BCUT2D eigenvalue weighted by molar-refractivity contribution is -0.0412. The Kier molecular flexibility index (Phi) is 9.32. The number of fused-ring (bicyclic) bond motifs is 1. The normalized spacial score (nSPS) is 17.1. The van der Waals surface area contributed by atoms with Crippen molar-refractivity contribution >= 4 is 26.6 Å². The summed E-state index contributed by atoms with van der Waals surface area (Å²) < 4.78 is 24.0. The van der Waals surface area contributed by atoms with Gasteiger partial charge >= 0.3 is 7.12 Å². The van der Waals surface area contributed by atoms with E-state index in [4.69, 9.17) is 14.8 Å². The topological polar surface area (TPSA) is 146 Å². The molecule has 0 unspecified atom stereocenters. The Hall–Kier alpha value is -3.94. The number of benzene rings is 1. The molecule has 4 aliphatic heterocycles. The van der Waals surface area contributed by atoms with Gasteiger partial charge in [-0.15, -0.1) is 0 Å². The Balaban J connectivity index is 1.08. The molecule has 2 aromatic rings. The molecule has 0 bridgehead atoms. The molecule has 5 heterocycles. The van der Waals surface area contributed by atoms with Crippen molar-refractivity contribution < 1.29 is 24.0 Å². The van der Waals surface area contributed by atoms with Crippen LogP contribution in [-0.4, -0.2) is 104 Å². The number of hydrogen-bond acceptors (Lipinski definition) is 9. The molecule has 47 heavy (non-hydrogen) atoms. The predicted molar refractivity (Wildman–Crippen MR) is 177 cm³/mol. The number of aromatic nitrogens is 5. The number of halogens is 1. The van der Waals surface area contributed by atoms with E-state index < -0.39 is 26.5 Å². The van der Waals surface area contributed by atoms with Crippen molar-refractivity contribution in [3.05, 3.63) is 60.6 Å². The summed E-state index contributed by atoms with van der Waals surface area (Å²) in [4.78, 5) is 26.4. The largest absolute Gasteiger partial charge is 0.491 e. The van der Waals surface area contributed by atoms with Crippen LogP contribution >= 0.6 is 0 Å². The van der Waals surface area contributed by atoms with Gasteiger partial charge < -0.3 is 19.7 Å². The van der Waals surface area contributed by atoms with Gasteiger partial charge in [0.1, 0.15) is 23.9 Å². The molecule has 1 amide bonds. The van der Waals surface area contributed by atoms with Crippen molar-refractivity contribution in [2.75, 3.05) is 32.8 Å². The fourth-order valence-corrected chi connectivity index (χ4v) is 7.26. The fraction of sp³-hybridized carbons (Fsp3) is 0.469. The van der Waals surface area contributed by atoms with Crippen molar-refractivity contribution in [2.45, 2.75) is 63.3 Å². The number of amides is 1. The summed E-state index contributed by atoms with van der Waals surface area (Å²) in [5.41, 5.74) is 2.01.